The van der Waals surface area contributed by atoms with Gasteiger partial charge in [-0.1, -0.05) is 0 Å². The standard InChI is InChI=1S/C24H33F2N3O4/c1-27(2)9-7-20-19(14-33-15-30)22(16-11-17(25)13-18(26)12-16)23(24(31)32-6)21(29(20)5)8-10-28(3)4/h11-13,15,22H,7-10,14H2,1-6H3. The summed E-state index contributed by atoms with van der Waals surface area (Å²) in [6, 6.07) is 3.19. The van der Waals surface area contributed by atoms with Crippen LogP contribution >= 0.6 is 0 Å². The van der Waals surface area contributed by atoms with Crippen molar-refractivity contribution in [3.8, 4) is 0 Å². The van der Waals surface area contributed by atoms with E-state index in [1.165, 1.54) is 19.2 Å². The van der Waals surface area contributed by atoms with Crippen LogP contribution in [0.1, 0.15) is 24.3 Å². The minimum atomic E-state index is -0.826. The number of methoxy groups -OCH3 is 1. The quantitative estimate of drug-likeness (QED) is 0.368. The van der Waals surface area contributed by atoms with Crippen molar-refractivity contribution in [2.45, 2.75) is 18.8 Å². The van der Waals surface area contributed by atoms with E-state index in [0.717, 1.165) is 11.8 Å². The van der Waals surface area contributed by atoms with Crippen LogP contribution in [0.4, 0.5) is 8.78 Å². The molecule has 1 heterocycles. The highest BCUT2D eigenvalue weighted by molar-refractivity contribution is 5.92. The summed E-state index contributed by atoms with van der Waals surface area (Å²) in [5, 5.41) is 0. The number of rotatable bonds is 11. The van der Waals surface area contributed by atoms with E-state index in [9.17, 15) is 18.4 Å². The van der Waals surface area contributed by atoms with Crippen LogP contribution in [0.2, 0.25) is 0 Å². The molecule has 0 fully saturated rings. The molecular formula is C24H33F2N3O4. The summed E-state index contributed by atoms with van der Waals surface area (Å²) < 4.78 is 38.7. The lowest BCUT2D eigenvalue weighted by Crippen LogP contribution is -2.35. The van der Waals surface area contributed by atoms with E-state index in [4.69, 9.17) is 9.47 Å². The monoisotopic (exact) mass is 465 g/mol. The first kappa shape index (κ1) is 26.5. The Morgan fingerprint density at radius 2 is 1.58 bits per heavy atom. The molecule has 0 bridgehead atoms. The Morgan fingerprint density at radius 1 is 1.03 bits per heavy atom. The summed E-state index contributed by atoms with van der Waals surface area (Å²) in [6.45, 7) is 1.53. The number of hydrogen-bond acceptors (Lipinski definition) is 7. The lowest BCUT2D eigenvalue weighted by molar-refractivity contribution is -0.136. The molecule has 0 aromatic heterocycles. The second-order valence-corrected chi connectivity index (χ2v) is 8.53. The van der Waals surface area contributed by atoms with Gasteiger partial charge in [-0.2, -0.15) is 0 Å². The number of hydrogen-bond donors (Lipinski definition) is 0. The van der Waals surface area contributed by atoms with E-state index < -0.39 is 23.5 Å². The van der Waals surface area contributed by atoms with E-state index in [2.05, 4.69) is 0 Å². The van der Waals surface area contributed by atoms with Crippen LogP contribution in [0.3, 0.4) is 0 Å². The molecule has 0 N–H and O–H groups in total. The molecule has 2 rings (SSSR count). The predicted molar refractivity (Wildman–Crippen MR) is 121 cm³/mol. The van der Waals surface area contributed by atoms with Crippen molar-refractivity contribution < 1.29 is 27.8 Å². The van der Waals surface area contributed by atoms with E-state index in [0.29, 0.717) is 43.7 Å². The molecule has 0 aliphatic carbocycles. The Kier molecular flexibility index (Phi) is 9.55. The summed E-state index contributed by atoms with van der Waals surface area (Å²) in [5.41, 5.74) is 2.67. The van der Waals surface area contributed by atoms with Crippen LogP contribution < -0.4 is 0 Å². The Labute approximate surface area is 194 Å². The van der Waals surface area contributed by atoms with Gasteiger partial charge < -0.3 is 24.2 Å². The third-order valence-electron chi connectivity index (χ3n) is 5.65. The first-order valence-electron chi connectivity index (χ1n) is 10.7. The van der Waals surface area contributed by atoms with Crippen LogP contribution in [0.25, 0.3) is 0 Å². The van der Waals surface area contributed by atoms with Crippen molar-refractivity contribution in [1.82, 2.24) is 14.7 Å². The summed E-state index contributed by atoms with van der Waals surface area (Å²) in [4.78, 5) is 30.1. The topological polar surface area (TPSA) is 62.3 Å². The summed E-state index contributed by atoms with van der Waals surface area (Å²) >= 11 is 0. The van der Waals surface area contributed by atoms with Gasteiger partial charge in [-0.25, -0.2) is 13.6 Å². The van der Waals surface area contributed by atoms with Crippen LogP contribution in [-0.2, 0) is 19.1 Å². The molecule has 1 atom stereocenters. The molecule has 7 nitrogen and oxygen atoms in total. The molecule has 0 amide bonds. The van der Waals surface area contributed by atoms with Crippen LogP contribution in [0.5, 0.6) is 0 Å². The number of nitrogens with zero attached hydrogens (tertiary/aromatic N) is 3. The van der Waals surface area contributed by atoms with Gasteiger partial charge in [0.05, 0.1) is 12.7 Å². The van der Waals surface area contributed by atoms with Crippen molar-refractivity contribution in [2.75, 3.05) is 62.0 Å². The fraction of sp³-hybridized carbons (Fsp3) is 0.500. The molecule has 0 saturated carbocycles. The van der Waals surface area contributed by atoms with Crippen LogP contribution in [0, 0.1) is 11.6 Å². The van der Waals surface area contributed by atoms with Crippen LogP contribution in [0.15, 0.2) is 40.7 Å². The highest BCUT2D eigenvalue weighted by Crippen LogP contribution is 2.44. The largest absolute Gasteiger partial charge is 0.466 e. The van der Waals surface area contributed by atoms with Gasteiger partial charge in [0, 0.05) is 56.4 Å². The van der Waals surface area contributed by atoms with Gasteiger partial charge in [0.15, 0.2) is 0 Å². The highest BCUT2D eigenvalue weighted by Gasteiger charge is 2.38. The normalized spacial score (nSPS) is 16.7. The fourth-order valence-corrected chi connectivity index (χ4v) is 4.10. The predicted octanol–water partition coefficient (Wildman–Crippen LogP) is 2.75. The average molecular weight is 466 g/mol. The zero-order valence-corrected chi connectivity index (χ0v) is 20.2. The maximum Gasteiger partial charge on any atom is 0.336 e. The van der Waals surface area contributed by atoms with Crippen molar-refractivity contribution in [3.63, 3.8) is 0 Å². The van der Waals surface area contributed by atoms with Gasteiger partial charge >= 0.3 is 5.97 Å². The van der Waals surface area contributed by atoms with Crippen molar-refractivity contribution in [1.29, 1.82) is 0 Å². The Morgan fingerprint density at radius 3 is 2.06 bits per heavy atom. The molecule has 1 aliphatic heterocycles. The molecule has 182 valence electrons. The number of carbonyl (C=O) groups is 2. The molecule has 1 aromatic carbocycles. The van der Waals surface area contributed by atoms with Gasteiger partial charge in [0.25, 0.3) is 6.47 Å². The summed E-state index contributed by atoms with van der Waals surface area (Å²) in [5.74, 6) is -2.93. The molecule has 9 heteroatoms. The summed E-state index contributed by atoms with van der Waals surface area (Å²) in [7, 11) is 10.8. The van der Waals surface area contributed by atoms with E-state index in [1.807, 2.05) is 49.9 Å². The maximum absolute atomic E-state index is 14.3. The lowest BCUT2D eigenvalue weighted by Gasteiger charge is -2.39. The molecule has 0 spiro atoms. The first-order chi connectivity index (χ1) is 15.6. The average Bonchev–Trinajstić information content (AvgIpc) is 2.74. The fourth-order valence-electron chi connectivity index (χ4n) is 4.10. The van der Waals surface area contributed by atoms with Gasteiger partial charge in [0.1, 0.15) is 18.2 Å². The van der Waals surface area contributed by atoms with Crippen molar-refractivity contribution in [3.05, 3.63) is 57.9 Å². The maximum atomic E-state index is 14.3. The van der Waals surface area contributed by atoms with E-state index >= 15 is 0 Å². The van der Waals surface area contributed by atoms with Gasteiger partial charge in [-0.05, 0) is 51.5 Å². The van der Waals surface area contributed by atoms with E-state index in [-0.39, 0.29) is 17.7 Å². The zero-order chi connectivity index (χ0) is 24.7. The number of ether oxygens (including phenoxy) is 2. The Balaban J connectivity index is 2.82. The molecule has 0 saturated heterocycles. The highest BCUT2D eigenvalue weighted by atomic mass is 19.1. The van der Waals surface area contributed by atoms with Crippen molar-refractivity contribution >= 4 is 12.4 Å². The minimum Gasteiger partial charge on any atom is -0.466 e. The second kappa shape index (κ2) is 11.9. The van der Waals surface area contributed by atoms with E-state index in [1.54, 1.807) is 0 Å². The number of halogens is 2. The molecule has 33 heavy (non-hydrogen) atoms. The smallest absolute Gasteiger partial charge is 0.336 e. The Hall–Kier alpha value is -2.78. The zero-order valence-electron chi connectivity index (χ0n) is 20.2. The molecular weight excluding hydrogens is 432 g/mol. The third-order valence-corrected chi connectivity index (χ3v) is 5.65. The lowest BCUT2D eigenvalue weighted by atomic mass is 9.78. The minimum absolute atomic E-state index is 0.124. The Bertz CT molecular complexity index is 908. The van der Waals surface area contributed by atoms with Gasteiger partial charge in [-0.3, -0.25) is 4.79 Å². The molecule has 1 aliphatic rings. The number of esters is 1. The summed E-state index contributed by atoms with van der Waals surface area (Å²) in [6.07, 6.45) is 1.09. The van der Waals surface area contributed by atoms with Gasteiger partial charge in [-0.15, -0.1) is 0 Å². The number of carbonyl (C=O) groups excluding carboxylic acids is 2. The molecule has 1 aromatic rings. The number of benzene rings is 1. The van der Waals surface area contributed by atoms with Crippen LogP contribution in [-0.4, -0.2) is 89.2 Å². The molecule has 1 unspecified atom stereocenters. The van der Waals surface area contributed by atoms with Gasteiger partial charge in [0.2, 0.25) is 0 Å². The molecule has 0 radical (unpaired) electrons. The second-order valence-electron chi connectivity index (χ2n) is 8.53. The van der Waals surface area contributed by atoms with Crippen molar-refractivity contribution in [2.24, 2.45) is 0 Å². The SMILES string of the molecule is COC(=O)C1=C(CCN(C)C)N(C)C(CCN(C)C)=C(COC=O)C1c1cc(F)cc(F)c1. The third kappa shape index (κ3) is 6.61. The first-order valence-corrected chi connectivity index (χ1v) is 10.7.